The van der Waals surface area contributed by atoms with Crippen molar-refractivity contribution in [3.63, 3.8) is 0 Å². The average molecular weight is 492 g/mol. The summed E-state index contributed by atoms with van der Waals surface area (Å²) in [7, 11) is 0.631. The minimum Gasteiger partial charge on any atom is -0.383 e. The van der Waals surface area contributed by atoms with Crippen molar-refractivity contribution >= 4 is 24.8 Å². The van der Waals surface area contributed by atoms with Crippen LogP contribution < -0.4 is 5.32 Å². The summed E-state index contributed by atoms with van der Waals surface area (Å²) in [5, 5.41) is 10.8. The molecule has 2 aliphatic rings. The molecule has 0 saturated carbocycles. The summed E-state index contributed by atoms with van der Waals surface area (Å²) < 4.78 is 0. The number of nitrogens with one attached hydrogen (secondary N) is 1. The Hall–Kier alpha value is -2.26. The zero-order valence-electron chi connectivity index (χ0n) is 21.8. The van der Waals surface area contributed by atoms with Gasteiger partial charge in [0.05, 0.1) is 5.45 Å². The number of benzene rings is 2. The fraction of sp³-hybridized carbons (Fsp3) is 0.433. The second kappa shape index (κ2) is 15.0. The molecule has 2 atom stereocenters. The molecule has 0 radical (unpaired) electrons. The molecule has 0 aliphatic carbocycles. The van der Waals surface area contributed by atoms with Crippen LogP contribution >= 0.6 is 8.58 Å². The van der Waals surface area contributed by atoms with Crippen LogP contribution in [0.5, 0.6) is 0 Å². The molecule has 2 aromatic carbocycles. The Kier molecular flexibility index (Phi) is 11.7. The predicted octanol–water partition coefficient (Wildman–Crippen LogP) is 7.09. The number of rotatable bonds is 9. The first-order chi connectivity index (χ1) is 17.2. The van der Waals surface area contributed by atoms with Crippen LogP contribution in [0.4, 0.5) is 0 Å². The zero-order valence-corrected chi connectivity index (χ0v) is 22.8. The second-order valence-electron chi connectivity index (χ2n) is 8.98. The number of piperidine rings is 1. The van der Waals surface area contributed by atoms with Gasteiger partial charge in [0, 0.05) is 13.1 Å². The molecule has 2 aromatic rings. The Bertz CT molecular complexity index is 1030. The molecular weight excluding hydrogens is 449 g/mol. The minimum absolute atomic E-state index is 0.117. The summed E-state index contributed by atoms with van der Waals surface area (Å²) in [4.78, 5) is 8.26. The second-order valence-corrected chi connectivity index (χ2v) is 10.4. The van der Waals surface area contributed by atoms with E-state index < -0.39 is 0 Å². The first-order valence-electron chi connectivity index (χ1n) is 13.1. The number of hydrogen-bond donors (Lipinski definition) is 1. The normalized spacial score (nSPS) is 20.4. The van der Waals surface area contributed by atoms with E-state index in [0.29, 0.717) is 8.58 Å². The first kappa shape index (κ1) is 27.3. The largest absolute Gasteiger partial charge is 0.383 e. The fourth-order valence-corrected chi connectivity index (χ4v) is 5.63. The third-order valence-electron chi connectivity index (χ3n) is 6.46. The lowest BCUT2D eigenvalue weighted by Crippen LogP contribution is -2.39. The van der Waals surface area contributed by atoms with E-state index in [1.54, 1.807) is 0 Å². The van der Waals surface area contributed by atoms with Crippen molar-refractivity contribution in [2.45, 2.75) is 52.9 Å². The molecule has 4 nitrogen and oxygen atoms in total. The van der Waals surface area contributed by atoms with Gasteiger partial charge >= 0.3 is 0 Å². The van der Waals surface area contributed by atoms with E-state index in [1.165, 1.54) is 40.2 Å². The van der Waals surface area contributed by atoms with Crippen LogP contribution in [0.2, 0.25) is 0 Å². The number of fused-ring (bicyclic) bond motifs is 1. The topological polar surface area (TPSA) is 36.9 Å². The van der Waals surface area contributed by atoms with E-state index in [-0.39, 0.29) is 5.85 Å². The highest BCUT2D eigenvalue weighted by Gasteiger charge is 2.26. The highest BCUT2D eigenvalue weighted by molar-refractivity contribution is 7.59. The maximum absolute atomic E-state index is 5.72. The molecule has 4 rings (SSSR count). The lowest BCUT2D eigenvalue weighted by Gasteiger charge is -2.31. The Morgan fingerprint density at radius 3 is 2.66 bits per heavy atom. The highest BCUT2D eigenvalue weighted by atomic mass is 31.1. The standard InChI is InChI=1S/C28H36N3OP.C2H6/c1-3-4-5-6-10-22(2)28-32-30-27(33-28)21-31-17-15-23(16-18-31)19-29-20-25-13-9-12-24-11-7-8-14-26(24)25;1-2/h3-14,23,28-29,33H,15-21H2,1-2H3;1-2H3/b4-3-,6-5-,22-10+;. The van der Waals surface area contributed by atoms with Gasteiger partial charge in [0.15, 0.2) is 5.85 Å². The average Bonchev–Trinajstić information content (AvgIpc) is 3.37. The smallest absolute Gasteiger partial charge is 0.169 e. The van der Waals surface area contributed by atoms with E-state index in [1.807, 2.05) is 39.0 Å². The summed E-state index contributed by atoms with van der Waals surface area (Å²) in [6.07, 6.45) is 12.8. The van der Waals surface area contributed by atoms with E-state index in [0.717, 1.165) is 38.6 Å². The van der Waals surface area contributed by atoms with Gasteiger partial charge in [-0.05, 0) is 82.7 Å². The molecule has 0 amide bonds. The van der Waals surface area contributed by atoms with Gasteiger partial charge in [-0.3, -0.25) is 4.90 Å². The van der Waals surface area contributed by atoms with Crippen LogP contribution in [0.25, 0.3) is 10.8 Å². The van der Waals surface area contributed by atoms with Crippen LogP contribution in [-0.2, 0) is 11.4 Å². The monoisotopic (exact) mass is 491 g/mol. The molecule has 35 heavy (non-hydrogen) atoms. The molecule has 1 saturated heterocycles. The van der Waals surface area contributed by atoms with Gasteiger partial charge < -0.3 is 10.2 Å². The SMILES string of the molecule is CC.C\C=C/C=C\C=C(/C)C1ON=C(CN2CCC(CNCc3cccc4ccccc34)CC2)P1. The maximum Gasteiger partial charge on any atom is 0.169 e. The molecule has 2 heterocycles. The van der Waals surface area contributed by atoms with Crippen molar-refractivity contribution in [1.29, 1.82) is 0 Å². The highest BCUT2D eigenvalue weighted by Crippen LogP contribution is 2.35. The number of nitrogens with zero attached hydrogens (tertiary/aromatic N) is 2. The Balaban J connectivity index is 0.00000167. The van der Waals surface area contributed by atoms with Crippen molar-refractivity contribution in [3.05, 3.63) is 84.0 Å². The van der Waals surface area contributed by atoms with Crippen molar-refractivity contribution in [1.82, 2.24) is 10.2 Å². The molecule has 0 aromatic heterocycles. The van der Waals surface area contributed by atoms with Crippen LogP contribution in [0.1, 0.15) is 46.1 Å². The molecule has 2 aliphatic heterocycles. The molecule has 0 bridgehead atoms. The predicted molar refractivity (Wildman–Crippen MR) is 155 cm³/mol. The number of oxime groups is 1. The van der Waals surface area contributed by atoms with Gasteiger partial charge in [-0.2, -0.15) is 0 Å². The number of hydrogen-bond acceptors (Lipinski definition) is 4. The summed E-state index contributed by atoms with van der Waals surface area (Å²) in [6, 6.07) is 15.3. The maximum atomic E-state index is 5.72. The molecule has 2 unspecified atom stereocenters. The zero-order chi connectivity index (χ0) is 24.9. The van der Waals surface area contributed by atoms with E-state index >= 15 is 0 Å². The Morgan fingerprint density at radius 1 is 1.09 bits per heavy atom. The number of likely N-dealkylation sites (tertiary alicyclic amines) is 1. The van der Waals surface area contributed by atoms with E-state index in [9.17, 15) is 0 Å². The third kappa shape index (κ3) is 8.42. The van der Waals surface area contributed by atoms with Crippen molar-refractivity contribution in [3.8, 4) is 0 Å². The third-order valence-corrected chi connectivity index (χ3v) is 7.87. The lowest BCUT2D eigenvalue weighted by atomic mass is 9.96. The molecule has 188 valence electrons. The Labute approximate surface area is 214 Å². The van der Waals surface area contributed by atoms with Crippen LogP contribution in [0.15, 0.2) is 83.6 Å². The number of allylic oxidation sites excluding steroid dienone is 5. The van der Waals surface area contributed by atoms with Crippen LogP contribution in [0, 0.1) is 5.92 Å². The van der Waals surface area contributed by atoms with E-state index in [2.05, 4.69) is 76.9 Å². The van der Waals surface area contributed by atoms with E-state index in [4.69, 9.17) is 4.84 Å². The first-order valence-corrected chi connectivity index (χ1v) is 14.2. The molecule has 1 fully saturated rings. The minimum atomic E-state index is 0.117. The molecule has 5 heteroatoms. The quantitative estimate of drug-likeness (QED) is 0.300. The molecular formula is C30H42N3OP. The fourth-order valence-electron chi connectivity index (χ4n) is 4.48. The van der Waals surface area contributed by atoms with Gasteiger partial charge in [-0.15, -0.1) is 0 Å². The van der Waals surface area contributed by atoms with Gasteiger partial charge in [-0.25, -0.2) is 0 Å². The molecule has 0 spiro atoms. The van der Waals surface area contributed by atoms with Crippen LogP contribution in [0.3, 0.4) is 0 Å². The summed E-state index contributed by atoms with van der Waals surface area (Å²) in [5.74, 6) is 0.869. The van der Waals surface area contributed by atoms with Crippen molar-refractivity contribution in [2.24, 2.45) is 11.1 Å². The van der Waals surface area contributed by atoms with Crippen molar-refractivity contribution < 1.29 is 4.84 Å². The summed E-state index contributed by atoms with van der Waals surface area (Å²) in [6.45, 7) is 13.4. The van der Waals surface area contributed by atoms with Gasteiger partial charge in [0.1, 0.15) is 0 Å². The van der Waals surface area contributed by atoms with Gasteiger partial charge in [-0.1, -0.05) is 91.8 Å². The summed E-state index contributed by atoms with van der Waals surface area (Å²) in [5.41, 5.74) is 3.84. The lowest BCUT2D eigenvalue weighted by molar-refractivity contribution is 0.148. The van der Waals surface area contributed by atoms with Gasteiger partial charge in [0.25, 0.3) is 0 Å². The van der Waals surface area contributed by atoms with Crippen LogP contribution in [-0.4, -0.2) is 42.4 Å². The van der Waals surface area contributed by atoms with Crippen molar-refractivity contribution in [2.75, 3.05) is 26.2 Å². The Morgan fingerprint density at radius 2 is 1.86 bits per heavy atom. The molecule has 1 N–H and O–H groups in total. The van der Waals surface area contributed by atoms with Gasteiger partial charge in [0.2, 0.25) is 0 Å². The summed E-state index contributed by atoms with van der Waals surface area (Å²) >= 11 is 0.